The van der Waals surface area contributed by atoms with E-state index >= 15 is 0 Å². The van der Waals surface area contributed by atoms with Gasteiger partial charge in [-0.1, -0.05) is 72.3 Å². The lowest BCUT2D eigenvalue weighted by Gasteiger charge is -2.24. The third kappa shape index (κ3) is 5.97. The summed E-state index contributed by atoms with van der Waals surface area (Å²) in [4.78, 5) is 15.6. The third-order valence-electron chi connectivity index (χ3n) is 6.36. The molecule has 0 spiro atoms. The molecular formula is C32H28ClN3O3. The summed E-state index contributed by atoms with van der Waals surface area (Å²) in [5.74, 6) is 1.55. The van der Waals surface area contributed by atoms with Gasteiger partial charge >= 0.3 is 0 Å². The Morgan fingerprint density at radius 1 is 0.821 bits per heavy atom. The van der Waals surface area contributed by atoms with Gasteiger partial charge in [0.1, 0.15) is 0 Å². The van der Waals surface area contributed by atoms with Crippen LogP contribution >= 0.6 is 11.6 Å². The fourth-order valence-corrected chi connectivity index (χ4v) is 4.47. The highest BCUT2D eigenvalue weighted by atomic mass is 35.5. The van der Waals surface area contributed by atoms with Gasteiger partial charge in [-0.15, -0.1) is 0 Å². The van der Waals surface area contributed by atoms with Gasteiger partial charge in [0.2, 0.25) is 5.88 Å². The lowest BCUT2D eigenvalue weighted by Crippen LogP contribution is -2.30. The van der Waals surface area contributed by atoms with Crippen molar-refractivity contribution >= 4 is 17.5 Å². The van der Waals surface area contributed by atoms with Crippen molar-refractivity contribution in [1.82, 2.24) is 14.7 Å². The molecule has 0 aliphatic rings. The number of halogens is 1. The summed E-state index contributed by atoms with van der Waals surface area (Å²) in [6.07, 6.45) is 0. The second kappa shape index (κ2) is 11.9. The first-order valence-electron chi connectivity index (χ1n) is 12.6. The Labute approximate surface area is 233 Å². The predicted octanol–water partition coefficient (Wildman–Crippen LogP) is 7.48. The Morgan fingerprint density at radius 3 is 2.10 bits per heavy atom. The number of nitrogens with zero attached hydrogens (tertiary/aromatic N) is 3. The Hall–Kier alpha value is -4.55. The van der Waals surface area contributed by atoms with Gasteiger partial charge in [-0.2, -0.15) is 5.10 Å². The zero-order chi connectivity index (χ0) is 27.2. The standard InChI is InChI=1S/C32H28ClN3O3/c1-23-28(22-35(21-24-11-5-3-6-12-24)31(37)25-17-19-26(33)20-18-25)32(36(34-23)27-13-7-4-8-14-27)39-30-16-10-9-15-29(30)38-2/h3-20H,21-22H2,1-2H3. The van der Waals surface area contributed by atoms with Gasteiger partial charge in [0.05, 0.1) is 30.6 Å². The monoisotopic (exact) mass is 537 g/mol. The number of carbonyl (C=O) groups is 1. The van der Waals surface area contributed by atoms with E-state index in [0.717, 1.165) is 22.5 Å². The molecule has 0 fully saturated rings. The molecule has 4 aromatic carbocycles. The van der Waals surface area contributed by atoms with Crippen LogP contribution < -0.4 is 9.47 Å². The largest absolute Gasteiger partial charge is 0.493 e. The van der Waals surface area contributed by atoms with Crippen molar-refractivity contribution in [1.29, 1.82) is 0 Å². The summed E-state index contributed by atoms with van der Waals surface area (Å²) in [5, 5.41) is 5.41. The highest BCUT2D eigenvalue weighted by molar-refractivity contribution is 6.30. The molecule has 39 heavy (non-hydrogen) atoms. The number of hydrogen-bond acceptors (Lipinski definition) is 4. The SMILES string of the molecule is COc1ccccc1Oc1c(CN(Cc2ccccc2)C(=O)c2ccc(Cl)cc2)c(C)nn1-c1ccccc1. The summed E-state index contributed by atoms with van der Waals surface area (Å²) >= 11 is 6.10. The molecule has 5 rings (SSSR count). The van der Waals surface area contributed by atoms with Crippen LogP contribution in [-0.2, 0) is 13.1 Å². The van der Waals surface area contributed by atoms with Crippen LogP contribution in [-0.4, -0.2) is 27.7 Å². The number of carbonyl (C=O) groups excluding carboxylic acids is 1. The number of amides is 1. The summed E-state index contributed by atoms with van der Waals surface area (Å²) in [7, 11) is 1.61. The zero-order valence-corrected chi connectivity index (χ0v) is 22.5. The van der Waals surface area contributed by atoms with Crippen LogP contribution in [0.5, 0.6) is 17.4 Å². The summed E-state index contributed by atoms with van der Waals surface area (Å²) in [6.45, 7) is 2.61. The van der Waals surface area contributed by atoms with Crippen molar-refractivity contribution < 1.29 is 14.3 Å². The molecule has 1 amide bonds. The van der Waals surface area contributed by atoms with E-state index in [4.69, 9.17) is 26.2 Å². The van der Waals surface area contributed by atoms with Crippen LogP contribution in [0.15, 0.2) is 109 Å². The van der Waals surface area contributed by atoms with E-state index in [1.165, 1.54) is 0 Å². The van der Waals surface area contributed by atoms with Crippen molar-refractivity contribution in [3.63, 3.8) is 0 Å². The molecule has 1 aromatic heterocycles. The number of aryl methyl sites for hydroxylation is 1. The Morgan fingerprint density at radius 2 is 1.44 bits per heavy atom. The molecule has 0 bridgehead atoms. The minimum absolute atomic E-state index is 0.120. The lowest BCUT2D eigenvalue weighted by atomic mass is 10.1. The molecule has 0 saturated heterocycles. The van der Waals surface area contributed by atoms with Gasteiger partial charge in [-0.25, -0.2) is 4.68 Å². The second-order valence-corrected chi connectivity index (χ2v) is 9.46. The highest BCUT2D eigenvalue weighted by Crippen LogP contribution is 2.36. The minimum Gasteiger partial charge on any atom is -0.493 e. The lowest BCUT2D eigenvalue weighted by molar-refractivity contribution is 0.0729. The van der Waals surface area contributed by atoms with Crippen LogP contribution in [0, 0.1) is 6.92 Å². The van der Waals surface area contributed by atoms with Crippen molar-refractivity contribution in [2.24, 2.45) is 0 Å². The van der Waals surface area contributed by atoms with Crippen molar-refractivity contribution in [3.8, 4) is 23.1 Å². The number of para-hydroxylation sites is 3. The zero-order valence-electron chi connectivity index (χ0n) is 21.8. The van der Waals surface area contributed by atoms with E-state index in [2.05, 4.69) is 0 Å². The number of ether oxygens (including phenoxy) is 2. The highest BCUT2D eigenvalue weighted by Gasteiger charge is 2.25. The minimum atomic E-state index is -0.120. The molecule has 0 unspecified atom stereocenters. The Balaban J connectivity index is 1.59. The molecule has 1 heterocycles. The van der Waals surface area contributed by atoms with Gasteiger partial charge in [0, 0.05) is 17.1 Å². The molecule has 7 heteroatoms. The Bertz CT molecular complexity index is 1550. The third-order valence-corrected chi connectivity index (χ3v) is 6.61. The van der Waals surface area contributed by atoms with E-state index in [1.807, 2.05) is 91.9 Å². The Kier molecular flexibility index (Phi) is 7.94. The normalized spacial score (nSPS) is 10.7. The first kappa shape index (κ1) is 26.1. The van der Waals surface area contributed by atoms with Crippen molar-refractivity contribution in [3.05, 3.63) is 137 Å². The van der Waals surface area contributed by atoms with E-state index in [1.54, 1.807) is 41.0 Å². The van der Waals surface area contributed by atoms with Gasteiger partial charge in [0.15, 0.2) is 11.5 Å². The topological polar surface area (TPSA) is 56.6 Å². The fraction of sp³-hybridized carbons (Fsp3) is 0.125. The maximum Gasteiger partial charge on any atom is 0.254 e. The van der Waals surface area contributed by atoms with Crippen LogP contribution in [0.4, 0.5) is 0 Å². The number of methoxy groups -OCH3 is 1. The molecular weight excluding hydrogens is 510 g/mol. The first-order chi connectivity index (χ1) is 19.0. The molecule has 0 radical (unpaired) electrons. The molecule has 0 aliphatic heterocycles. The molecule has 196 valence electrons. The molecule has 0 N–H and O–H groups in total. The average molecular weight is 538 g/mol. The smallest absolute Gasteiger partial charge is 0.254 e. The van der Waals surface area contributed by atoms with Crippen LogP contribution in [0.25, 0.3) is 5.69 Å². The van der Waals surface area contributed by atoms with Crippen LogP contribution in [0.2, 0.25) is 5.02 Å². The van der Waals surface area contributed by atoms with Gasteiger partial charge in [-0.05, 0) is 61.0 Å². The predicted molar refractivity (Wildman–Crippen MR) is 153 cm³/mol. The molecule has 5 aromatic rings. The summed E-state index contributed by atoms with van der Waals surface area (Å²) in [5.41, 5.74) is 3.96. The number of benzene rings is 4. The molecule has 0 aliphatic carbocycles. The second-order valence-electron chi connectivity index (χ2n) is 9.02. The maximum absolute atomic E-state index is 13.8. The van der Waals surface area contributed by atoms with Crippen LogP contribution in [0.3, 0.4) is 0 Å². The van der Waals surface area contributed by atoms with Gasteiger partial charge < -0.3 is 14.4 Å². The van der Waals surface area contributed by atoms with Gasteiger partial charge in [0.25, 0.3) is 5.91 Å². The van der Waals surface area contributed by atoms with Crippen LogP contribution in [0.1, 0.15) is 27.2 Å². The molecule has 6 nitrogen and oxygen atoms in total. The fourth-order valence-electron chi connectivity index (χ4n) is 4.35. The summed E-state index contributed by atoms with van der Waals surface area (Å²) < 4.78 is 13.8. The van der Waals surface area contributed by atoms with Crippen molar-refractivity contribution in [2.45, 2.75) is 20.0 Å². The first-order valence-corrected chi connectivity index (χ1v) is 12.9. The molecule has 0 saturated carbocycles. The summed E-state index contributed by atoms with van der Waals surface area (Å²) in [6, 6.07) is 34.1. The van der Waals surface area contributed by atoms with E-state index in [9.17, 15) is 4.79 Å². The van der Waals surface area contributed by atoms with E-state index in [0.29, 0.717) is 34.5 Å². The van der Waals surface area contributed by atoms with E-state index in [-0.39, 0.29) is 12.5 Å². The quantitative estimate of drug-likeness (QED) is 0.195. The number of aromatic nitrogens is 2. The molecule has 0 atom stereocenters. The van der Waals surface area contributed by atoms with Gasteiger partial charge in [-0.3, -0.25) is 4.79 Å². The maximum atomic E-state index is 13.8. The number of rotatable bonds is 9. The average Bonchev–Trinajstić information content (AvgIpc) is 3.28. The van der Waals surface area contributed by atoms with Crippen molar-refractivity contribution in [2.75, 3.05) is 7.11 Å². The van der Waals surface area contributed by atoms with E-state index < -0.39 is 0 Å². The number of hydrogen-bond donors (Lipinski definition) is 0.